The van der Waals surface area contributed by atoms with Gasteiger partial charge in [-0.15, -0.1) is 12.4 Å². The summed E-state index contributed by atoms with van der Waals surface area (Å²) in [7, 11) is 3.48. The molecule has 0 bridgehead atoms. The molecule has 108 valence electrons. The standard InChI is InChI=1S/C14H22N2O2.ClH/c1-9-6-7-12(11(3)13(9)18-5)16-14(17)10(2)8-15-4;/h6-7,10,15H,8H2,1-5H3,(H,16,17);1H. The van der Waals surface area contributed by atoms with Crippen LogP contribution in [0.1, 0.15) is 18.1 Å². The molecule has 1 aromatic rings. The fourth-order valence-electron chi connectivity index (χ4n) is 1.93. The van der Waals surface area contributed by atoms with E-state index in [0.29, 0.717) is 6.54 Å². The van der Waals surface area contributed by atoms with Gasteiger partial charge >= 0.3 is 0 Å². The highest BCUT2D eigenvalue weighted by Gasteiger charge is 2.14. The molecule has 0 heterocycles. The van der Waals surface area contributed by atoms with Gasteiger partial charge in [0, 0.05) is 23.7 Å². The Labute approximate surface area is 121 Å². The minimum atomic E-state index is -0.0679. The van der Waals surface area contributed by atoms with E-state index in [1.165, 1.54) is 0 Å². The fraction of sp³-hybridized carbons (Fsp3) is 0.500. The lowest BCUT2D eigenvalue weighted by atomic mass is 10.1. The lowest BCUT2D eigenvalue weighted by molar-refractivity contribution is -0.119. The van der Waals surface area contributed by atoms with Crippen molar-refractivity contribution in [3.63, 3.8) is 0 Å². The highest BCUT2D eigenvalue weighted by atomic mass is 35.5. The van der Waals surface area contributed by atoms with E-state index < -0.39 is 0 Å². The summed E-state index contributed by atoms with van der Waals surface area (Å²) in [4.78, 5) is 11.9. The van der Waals surface area contributed by atoms with Crippen molar-refractivity contribution in [3.05, 3.63) is 23.3 Å². The molecule has 1 rings (SSSR count). The first kappa shape index (κ1) is 17.7. The molecule has 1 unspecified atom stereocenters. The largest absolute Gasteiger partial charge is 0.496 e. The zero-order chi connectivity index (χ0) is 13.7. The van der Waals surface area contributed by atoms with Gasteiger partial charge in [-0.05, 0) is 32.5 Å². The Hall–Kier alpha value is -1.26. The zero-order valence-corrected chi connectivity index (χ0v) is 13.0. The van der Waals surface area contributed by atoms with Gasteiger partial charge in [-0.25, -0.2) is 0 Å². The minimum Gasteiger partial charge on any atom is -0.496 e. The zero-order valence-electron chi connectivity index (χ0n) is 12.2. The second-order valence-electron chi connectivity index (χ2n) is 4.54. The molecule has 0 aliphatic heterocycles. The molecular weight excluding hydrogens is 264 g/mol. The van der Waals surface area contributed by atoms with Crippen molar-refractivity contribution in [1.82, 2.24) is 5.32 Å². The van der Waals surface area contributed by atoms with Crippen molar-refractivity contribution in [2.45, 2.75) is 20.8 Å². The average Bonchev–Trinajstić information content (AvgIpc) is 2.33. The summed E-state index contributed by atoms with van der Waals surface area (Å²) in [6.45, 7) is 6.49. The number of carbonyl (C=O) groups excluding carboxylic acids is 1. The third-order valence-electron chi connectivity index (χ3n) is 3.02. The monoisotopic (exact) mass is 286 g/mol. The van der Waals surface area contributed by atoms with Crippen molar-refractivity contribution in [2.24, 2.45) is 5.92 Å². The molecule has 1 aromatic carbocycles. The van der Waals surface area contributed by atoms with Crippen LogP contribution in [0.15, 0.2) is 12.1 Å². The number of benzene rings is 1. The Bertz CT molecular complexity index is 436. The van der Waals surface area contributed by atoms with Gasteiger partial charge in [0.15, 0.2) is 0 Å². The molecule has 0 aliphatic rings. The molecule has 0 spiro atoms. The van der Waals surface area contributed by atoms with Gasteiger partial charge in [0.05, 0.1) is 7.11 Å². The van der Waals surface area contributed by atoms with Crippen molar-refractivity contribution in [2.75, 3.05) is 26.0 Å². The molecular formula is C14H23ClN2O2. The minimum absolute atomic E-state index is 0. The summed E-state index contributed by atoms with van der Waals surface area (Å²) in [5.74, 6) is 0.772. The maximum absolute atomic E-state index is 11.9. The number of hydrogen-bond donors (Lipinski definition) is 2. The van der Waals surface area contributed by atoms with E-state index in [4.69, 9.17) is 4.74 Å². The number of nitrogens with one attached hydrogen (secondary N) is 2. The number of ether oxygens (including phenoxy) is 1. The molecule has 0 fully saturated rings. The SMILES string of the molecule is CNCC(C)C(=O)Nc1ccc(C)c(OC)c1C.Cl. The number of halogens is 1. The summed E-state index contributed by atoms with van der Waals surface area (Å²) in [5.41, 5.74) is 2.84. The summed E-state index contributed by atoms with van der Waals surface area (Å²) in [6.07, 6.45) is 0. The molecule has 19 heavy (non-hydrogen) atoms. The van der Waals surface area contributed by atoms with E-state index in [0.717, 1.165) is 22.6 Å². The van der Waals surface area contributed by atoms with Crippen molar-refractivity contribution in [3.8, 4) is 5.75 Å². The van der Waals surface area contributed by atoms with Gasteiger partial charge in [0.2, 0.25) is 5.91 Å². The number of rotatable bonds is 5. The summed E-state index contributed by atoms with van der Waals surface area (Å²) >= 11 is 0. The van der Waals surface area contributed by atoms with E-state index in [-0.39, 0.29) is 24.2 Å². The average molecular weight is 287 g/mol. The van der Waals surface area contributed by atoms with Crippen LogP contribution in [0.4, 0.5) is 5.69 Å². The Morgan fingerprint density at radius 2 is 2.00 bits per heavy atom. The Kier molecular flexibility index (Phi) is 7.49. The molecule has 0 saturated carbocycles. The van der Waals surface area contributed by atoms with E-state index >= 15 is 0 Å². The van der Waals surface area contributed by atoms with Gasteiger partial charge in [-0.1, -0.05) is 13.0 Å². The lowest BCUT2D eigenvalue weighted by Crippen LogP contribution is -2.28. The predicted molar refractivity (Wildman–Crippen MR) is 81.4 cm³/mol. The molecule has 1 amide bonds. The first-order chi connectivity index (χ1) is 8.51. The topological polar surface area (TPSA) is 50.4 Å². The van der Waals surface area contributed by atoms with Gasteiger partial charge in [0.1, 0.15) is 5.75 Å². The van der Waals surface area contributed by atoms with Crippen LogP contribution in [0.2, 0.25) is 0 Å². The van der Waals surface area contributed by atoms with Crippen LogP contribution in [0.5, 0.6) is 5.75 Å². The number of hydrogen-bond acceptors (Lipinski definition) is 3. The second kappa shape index (κ2) is 8.02. The molecule has 2 N–H and O–H groups in total. The van der Waals surface area contributed by atoms with E-state index in [1.807, 2.05) is 40.0 Å². The van der Waals surface area contributed by atoms with Crippen LogP contribution in [0, 0.1) is 19.8 Å². The van der Waals surface area contributed by atoms with Crippen LogP contribution in [-0.2, 0) is 4.79 Å². The van der Waals surface area contributed by atoms with Crippen LogP contribution in [0.3, 0.4) is 0 Å². The van der Waals surface area contributed by atoms with Gasteiger partial charge in [0.25, 0.3) is 0 Å². The molecule has 0 aromatic heterocycles. The molecule has 0 radical (unpaired) electrons. The number of amides is 1. The van der Waals surface area contributed by atoms with Crippen LogP contribution in [-0.4, -0.2) is 26.6 Å². The molecule has 0 saturated heterocycles. The highest BCUT2D eigenvalue weighted by molar-refractivity contribution is 5.93. The smallest absolute Gasteiger partial charge is 0.228 e. The van der Waals surface area contributed by atoms with Crippen LogP contribution < -0.4 is 15.4 Å². The van der Waals surface area contributed by atoms with Crippen molar-refractivity contribution >= 4 is 24.0 Å². The third kappa shape index (κ3) is 4.40. The number of carbonyl (C=O) groups is 1. The first-order valence-corrected chi connectivity index (χ1v) is 6.11. The quantitative estimate of drug-likeness (QED) is 0.874. The second-order valence-corrected chi connectivity index (χ2v) is 4.54. The maximum atomic E-state index is 11.9. The maximum Gasteiger partial charge on any atom is 0.228 e. The summed E-state index contributed by atoms with van der Waals surface area (Å²) < 4.78 is 5.34. The van der Waals surface area contributed by atoms with E-state index in [9.17, 15) is 4.79 Å². The lowest BCUT2D eigenvalue weighted by Gasteiger charge is -2.16. The number of anilines is 1. The van der Waals surface area contributed by atoms with Gasteiger partial charge in [-0.2, -0.15) is 0 Å². The predicted octanol–water partition coefficient (Wildman–Crippen LogP) is 2.53. The number of methoxy groups -OCH3 is 1. The summed E-state index contributed by atoms with van der Waals surface area (Å²) in [5, 5.41) is 5.93. The van der Waals surface area contributed by atoms with Crippen molar-refractivity contribution < 1.29 is 9.53 Å². The van der Waals surface area contributed by atoms with Gasteiger partial charge in [-0.3, -0.25) is 4.79 Å². The Morgan fingerprint density at radius 1 is 1.37 bits per heavy atom. The number of aryl methyl sites for hydroxylation is 1. The highest BCUT2D eigenvalue weighted by Crippen LogP contribution is 2.29. The first-order valence-electron chi connectivity index (χ1n) is 6.11. The van der Waals surface area contributed by atoms with Crippen molar-refractivity contribution in [1.29, 1.82) is 0 Å². The van der Waals surface area contributed by atoms with E-state index in [1.54, 1.807) is 7.11 Å². The molecule has 0 aliphatic carbocycles. The summed E-state index contributed by atoms with van der Waals surface area (Å²) in [6, 6.07) is 3.86. The normalized spacial score (nSPS) is 11.4. The van der Waals surface area contributed by atoms with Crippen LogP contribution >= 0.6 is 12.4 Å². The Balaban J connectivity index is 0.00000324. The van der Waals surface area contributed by atoms with E-state index in [2.05, 4.69) is 10.6 Å². The third-order valence-corrected chi connectivity index (χ3v) is 3.02. The fourth-order valence-corrected chi connectivity index (χ4v) is 1.93. The Morgan fingerprint density at radius 3 is 2.53 bits per heavy atom. The molecule has 1 atom stereocenters. The van der Waals surface area contributed by atoms with Crippen LogP contribution in [0.25, 0.3) is 0 Å². The molecule has 4 nitrogen and oxygen atoms in total. The van der Waals surface area contributed by atoms with Gasteiger partial charge < -0.3 is 15.4 Å². The molecule has 5 heteroatoms.